The predicted molar refractivity (Wildman–Crippen MR) is 88.5 cm³/mol. The topological polar surface area (TPSA) is 67.2 Å². The minimum atomic E-state index is 0.0309. The highest BCUT2D eigenvalue weighted by atomic mass is 16.2. The molecule has 0 saturated carbocycles. The zero-order valence-corrected chi connectivity index (χ0v) is 14.1. The molecule has 0 atom stereocenters. The number of likely N-dealkylation sites (tertiary alicyclic amines) is 1. The highest BCUT2D eigenvalue weighted by Gasteiger charge is 2.37. The predicted octanol–water partition coefficient (Wildman–Crippen LogP) is 0.884. The first-order chi connectivity index (χ1) is 11.7. The molecule has 2 aliphatic rings. The third kappa shape index (κ3) is 2.58. The summed E-state index contributed by atoms with van der Waals surface area (Å²) in [5, 5.41) is 8.57. The minimum Gasteiger partial charge on any atom is -0.334 e. The lowest BCUT2D eigenvalue weighted by molar-refractivity contribution is 0.0162. The first-order valence-electron chi connectivity index (χ1n) is 8.53. The minimum absolute atomic E-state index is 0.0309. The van der Waals surface area contributed by atoms with E-state index in [1.807, 2.05) is 24.0 Å². The molecule has 0 radical (unpaired) electrons. The van der Waals surface area contributed by atoms with Crippen LogP contribution in [0.1, 0.15) is 34.8 Å². The van der Waals surface area contributed by atoms with Gasteiger partial charge in [0, 0.05) is 44.3 Å². The van der Waals surface area contributed by atoms with Crippen molar-refractivity contribution in [1.29, 1.82) is 0 Å². The van der Waals surface area contributed by atoms with Gasteiger partial charge in [0.25, 0.3) is 5.91 Å². The monoisotopic (exact) mass is 326 g/mol. The Kier molecular flexibility index (Phi) is 3.80. The Morgan fingerprint density at radius 1 is 1.25 bits per heavy atom. The molecule has 0 aromatic carbocycles. The highest BCUT2D eigenvalue weighted by molar-refractivity contribution is 5.93. The lowest BCUT2D eigenvalue weighted by Crippen LogP contribution is -2.62. The molecule has 2 aromatic heterocycles. The van der Waals surface area contributed by atoms with Gasteiger partial charge in [-0.25, -0.2) is 4.98 Å². The maximum absolute atomic E-state index is 12.5. The van der Waals surface area contributed by atoms with E-state index in [2.05, 4.69) is 31.6 Å². The summed E-state index contributed by atoms with van der Waals surface area (Å²) >= 11 is 0. The van der Waals surface area contributed by atoms with Crippen molar-refractivity contribution in [1.82, 2.24) is 29.5 Å². The van der Waals surface area contributed by atoms with Crippen LogP contribution >= 0.6 is 0 Å². The second kappa shape index (κ2) is 5.98. The molecule has 0 bridgehead atoms. The summed E-state index contributed by atoms with van der Waals surface area (Å²) in [4.78, 5) is 21.1. The number of pyridine rings is 1. The van der Waals surface area contributed by atoms with Crippen molar-refractivity contribution >= 4 is 5.91 Å². The van der Waals surface area contributed by atoms with Crippen molar-refractivity contribution < 1.29 is 4.79 Å². The molecule has 24 heavy (non-hydrogen) atoms. The maximum atomic E-state index is 12.5. The molecule has 126 valence electrons. The number of amides is 1. The molecule has 4 heterocycles. The van der Waals surface area contributed by atoms with E-state index in [1.54, 1.807) is 6.07 Å². The standard InChI is InChI=1S/C17H22N6O/c1-3-15-19-20-16-11-21(7-8-23(15)16)13-9-22(10-13)17(24)14-6-4-5-12(2)18-14/h4-6,13H,3,7-11H2,1-2H3. The van der Waals surface area contributed by atoms with Gasteiger partial charge in [0.05, 0.1) is 6.54 Å². The van der Waals surface area contributed by atoms with Gasteiger partial charge in [-0.15, -0.1) is 10.2 Å². The van der Waals surface area contributed by atoms with E-state index < -0.39 is 0 Å². The third-order valence-electron chi connectivity index (χ3n) is 4.95. The third-order valence-corrected chi connectivity index (χ3v) is 4.95. The molecule has 4 rings (SSSR count). The van der Waals surface area contributed by atoms with E-state index in [9.17, 15) is 4.79 Å². The van der Waals surface area contributed by atoms with Crippen molar-refractivity contribution in [2.75, 3.05) is 19.6 Å². The Morgan fingerprint density at radius 3 is 2.83 bits per heavy atom. The number of carbonyl (C=O) groups is 1. The molecule has 0 spiro atoms. The van der Waals surface area contributed by atoms with E-state index in [-0.39, 0.29) is 5.91 Å². The van der Waals surface area contributed by atoms with Crippen LogP contribution in [0.25, 0.3) is 0 Å². The SMILES string of the molecule is CCc1nnc2n1CCN(C1CN(C(=O)c3cccc(C)n3)C1)C2. The van der Waals surface area contributed by atoms with E-state index in [1.165, 1.54) is 0 Å². The Hall–Kier alpha value is -2.28. The van der Waals surface area contributed by atoms with E-state index in [0.29, 0.717) is 11.7 Å². The van der Waals surface area contributed by atoms with Gasteiger partial charge < -0.3 is 9.47 Å². The molecule has 7 nitrogen and oxygen atoms in total. The summed E-state index contributed by atoms with van der Waals surface area (Å²) in [6.07, 6.45) is 0.919. The average Bonchev–Trinajstić information content (AvgIpc) is 2.95. The molecule has 0 N–H and O–H groups in total. The number of fused-ring (bicyclic) bond motifs is 1. The number of aromatic nitrogens is 4. The van der Waals surface area contributed by atoms with E-state index in [0.717, 1.165) is 56.5 Å². The van der Waals surface area contributed by atoms with Crippen LogP contribution in [0.2, 0.25) is 0 Å². The van der Waals surface area contributed by atoms with Crippen LogP contribution in [0.5, 0.6) is 0 Å². The van der Waals surface area contributed by atoms with Gasteiger partial charge in [0.1, 0.15) is 17.3 Å². The van der Waals surface area contributed by atoms with Crippen molar-refractivity contribution in [3.05, 3.63) is 41.2 Å². The fourth-order valence-electron chi connectivity index (χ4n) is 3.49. The van der Waals surface area contributed by atoms with Crippen LogP contribution in [-0.2, 0) is 19.5 Å². The number of carbonyl (C=O) groups excluding carboxylic acids is 1. The number of aryl methyl sites for hydroxylation is 2. The van der Waals surface area contributed by atoms with Crippen LogP contribution < -0.4 is 0 Å². The second-order valence-corrected chi connectivity index (χ2v) is 6.54. The van der Waals surface area contributed by atoms with Crippen LogP contribution in [-0.4, -0.2) is 61.1 Å². The Morgan fingerprint density at radius 2 is 2.08 bits per heavy atom. The smallest absolute Gasteiger partial charge is 0.272 e. The molecule has 7 heteroatoms. The summed E-state index contributed by atoms with van der Waals surface area (Å²) in [5.74, 6) is 2.15. The zero-order chi connectivity index (χ0) is 16.7. The molecule has 1 saturated heterocycles. The maximum Gasteiger partial charge on any atom is 0.272 e. The largest absolute Gasteiger partial charge is 0.334 e. The number of hydrogen-bond acceptors (Lipinski definition) is 5. The summed E-state index contributed by atoms with van der Waals surface area (Å²) < 4.78 is 2.23. The van der Waals surface area contributed by atoms with Crippen LogP contribution in [0, 0.1) is 6.92 Å². The Balaban J connectivity index is 1.37. The van der Waals surface area contributed by atoms with Crippen molar-refractivity contribution in [2.24, 2.45) is 0 Å². The number of hydrogen-bond donors (Lipinski definition) is 0. The van der Waals surface area contributed by atoms with Crippen molar-refractivity contribution in [2.45, 2.75) is 39.4 Å². The van der Waals surface area contributed by atoms with Crippen LogP contribution in [0.3, 0.4) is 0 Å². The molecule has 1 amide bonds. The van der Waals surface area contributed by atoms with Gasteiger partial charge >= 0.3 is 0 Å². The lowest BCUT2D eigenvalue weighted by Gasteiger charge is -2.46. The lowest BCUT2D eigenvalue weighted by atomic mass is 10.1. The average molecular weight is 326 g/mol. The van der Waals surface area contributed by atoms with Gasteiger partial charge in [0.2, 0.25) is 0 Å². The van der Waals surface area contributed by atoms with Gasteiger partial charge in [0.15, 0.2) is 0 Å². The second-order valence-electron chi connectivity index (χ2n) is 6.54. The summed E-state index contributed by atoms with van der Waals surface area (Å²) in [6.45, 7) is 8.31. The van der Waals surface area contributed by atoms with Gasteiger partial charge in [-0.3, -0.25) is 9.69 Å². The highest BCUT2D eigenvalue weighted by Crippen LogP contribution is 2.22. The van der Waals surface area contributed by atoms with Crippen LogP contribution in [0.15, 0.2) is 18.2 Å². The van der Waals surface area contributed by atoms with Gasteiger partial charge in [-0.1, -0.05) is 13.0 Å². The molecule has 0 aliphatic carbocycles. The summed E-state index contributed by atoms with van der Waals surface area (Å²) in [5.41, 5.74) is 1.42. The normalized spacial score (nSPS) is 18.3. The molecular formula is C17H22N6O. The summed E-state index contributed by atoms with van der Waals surface area (Å²) in [6, 6.07) is 5.99. The van der Waals surface area contributed by atoms with Crippen molar-refractivity contribution in [3.8, 4) is 0 Å². The zero-order valence-electron chi connectivity index (χ0n) is 14.1. The number of rotatable bonds is 3. The van der Waals surface area contributed by atoms with Crippen molar-refractivity contribution in [3.63, 3.8) is 0 Å². The molecule has 1 fully saturated rings. The molecule has 2 aromatic rings. The molecular weight excluding hydrogens is 304 g/mol. The number of nitrogens with zero attached hydrogens (tertiary/aromatic N) is 6. The first kappa shape index (κ1) is 15.3. The van der Waals surface area contributed by atoms with E-state index >= 15 is 0 Å². The Bertz CT molecular complexity index is 764. The fourth-order valence-corrected chi connectivity index (χ4v) is 3.49. The quantitative estimate of drug-likeness (QED) is 0.838. The van der Waals surface area contributed by atoms with Gasteiger partial charge in [-0.05, 0) is 19.1 Å². The first-order valence-corrected chi connectivity index (χ1v) is 8.53. The fraction of sp³-hybridized carbons (Fsp3) is 0.529. The molecule has 2 aliphatic heterocycles. The molecule has 0 unspecified atom stereocenters. The van der Waals surface area contributed by atoms with Crippen LogP contribution in [0.4, 0.5) is 0 Å². The Labute approximate surface area is 141 Å². The summed E-state index contributed by atoms with van der Waals surface area (Å²) in [7, 11) is 0. The van der Waals surface area contributed by atoms with E-state index in [4.69, 9.17) is 0 Å². The van der Waals surface area contributed by atoms with Gasteiger partial charge in [-0.2, -0.15) is 0 Å².